The summed E-state index contributed by atoms with van der Waals surface area (Å²) >= 11 is 0. The van der Waals surface area contributed by atoms with Crippen LogP contribution >= 0.6 is 17.0 Å². The number of para-hydroxylation sites is 1. The fraction of sp³-hybridized carbons (Fsp3) is 0.143. The smallest absolute Gasteiger partial charge is 0.283 e. The summed E-state index contributed by atoms with van der Waals surface area (Å²) < 4.78 is 16.7. The van der Waals surface area contributed by atoms with Gasteiger partial charge in [0, 0.05) is 17.8 Å². The van der Waals surface area contributed by atoms with Crippen LogP contribution in [0, 0.1) is 5.82 Å². The van der Waals surface area contributed by atoms with Crippen molar-refractivity contribution in [2.75, 3.05) is 6.54 Å². The van der Waals surface area contributed by atoms with E-state index in [1.165, 1.54) is 12.1 Å². The van der Waals surface area contributed by atoms with Crippen LogP contribution in [0.1, 0.15) is 12.8 Å². The molecule has 0 atom stereocenters. The van der Waals surface area contributed by atoms with E-state index in [4.69, 9.17) is 4.98 Å². The lowest BCUT2D eigenvalue weighted by Gasteiger charge is -2.03. The van der Waals surface area contributed by atoms with E-state index in [1.54, 1.807) is 21.3 Å². The molecule has 2 aromatic carbocycles. The van der Waals surface area contributed by atoms with E-state index in [9.17, 15) is 9.18 Å². The number of rotatable bonds is 2. The predicted octanol–water partition coefficient (Wildman–Crippen LogP) is 3.08. The summed E-state index contributed by atoms with van der Waals surface area (Å²) in [6, 6.07) is 15.7. The minimum absolute atomic E-state index is 0. The van der Waals surface area contributed by atoms with Gasteiger partial charge in [-0.3, -0.25) is 4.79 Å². The van der Waals surface area contributed by atoms with Gasteiger partial charge in [-0.15, -0.1) is 17.0 Å². The van der Waals surface area contributed by atoms with Crippen molar-refractivity contribution in [3.05, 3.63) is 82.2 Å². The largest absolute Gasteiger partial charge is 0.388 e. The lowest BCUT2D eigenvalue weighted by Crippen LogP contribution is -2.32. The monoisotopic (exact) mass is 440 g/mol. The second-order valence-electron chi connectivity index (χ2n) is 6.64. The van der Waals surface area contributed by atoms with Crippen LogP contribution in [-0.2, 0) is 0 Å². The molecule has 5 nitrogen and oxygen atoms in total. The fourth-order valence-corrected chi connectivity index (χ4v) is 3.63. The standard InChI is InChI=1S/C21H17FN4O.BrH/c22-15-10-8-14(9-11-15)18-13-25-20(24-18)19(17-7-4-12-23-17)21(27)26(25)16-5-2-1-3-6-16;/h1-3,5-6,8-11,13,23H,4,7,12H2;1H. The van der Waals surface area contributed by atoms with Gasteiger partial charge in [-0.1, -0.05) is 18.2 Å². The number of aromatic nitrogens is 3. The summed E-state index contributed by atoms with van der Waals surface area (Å²) in [5.41, 5.74) is 3.76. The van der Waals surface area contributed by atoms with Crippen LogP contribution in [0.2, 0.25) is 0 Å². The molecule has 5 rings (SSSR count). The first kappa shape index (κ1) is 18.4. The number of nitrogens with zero attached hydrogens (tertiary/aromatic N) is 3. The minimum Gasteiger partial charge on any atom is -0.388 e. The molecular formula is C21H18BrFN4O. The summed E-state index contributed by atoms with van der Waals surface area (Å²) in [5, 5.41) is 3.94. The Hall–Kier alpha value is -2.93. The van der Waals surface area contributed by atoms with E-state index in [-0.39, 0.29) is 28.4 Å². The van der Waals surface area contributed by atoms with E-state index in [2.05, 4.69) is 5.32 Å². The topological polar surface area (TPSA) is 51.3 Å². The van der Waals surface area contributed by atoms with E-state index in [0.717, 1.165) is 36.3 Å². The first-order valence-corrected chi connectivity index (χ1v) is 8.95. The van der Waals surface area contributed by atoms with Crippen LogP contribution in [0.4, 0.5) is 4.39 Å². The molecule has 1 aliphatic heterocycles. The van der Waals surface area contributed by atoms with Crippen LogP contribution in [0.15, 0.2) is 65.6 Å². The number of benzene rings is 2. The molecule has 4 aromatic rings. The third-order valence-electron chi connectivity index (χ3n) is 4.92. The summed E-state index contributed by atoms with van der Waals surface area (Å²) in [4.78, 5) is 17.9. The van der Waals surface area contributed by atoms with Crippen LogP contribution < -0.4 is 16.1 Å². The molecule has 0 aliphatic carbocycles. The van der Waals surface area contributed by atoms with Crippen molar-refractivity contribution in [1.82, 2.24) is 19.5 Å². The van der Waals surface area contributed by atoms with Gasteiger partial charge in [0.15, 0.2) is 5.65 Å². The number of hydrogen-bond acceptors (Lipinski definition) is 3. The van der Waals surface area contributed by atoms with Crippen molar-refractivity contribution in [3.63, 3.8) is 0 Å². The summed E-state index contributed by atoms with van der Waals surface area (Å²) in [7, 11) is 0. The lowest BCUT2D eigenvalue weighted by molar-refractivity contribution is 0.628. The molecule has 1 N–H and O–H groups in total. The van der Waals surface area contributed by atoms with Crippen molar-refractivity contribution in [1.29, 1.82) is 0 Å². The van der Waals surface area contributed by atoms with Gasteiger partial charge >= 0.3 is 0 Å². The average molecular weight is 441 g/mol. The predicted molar refractivity (Wildman–Crippen MR) is 112 cm³/mol. The molecule has 1 fully saturated rings. The Kier molecular flexibility index (Phi) is 4.77. The molecule has 1 saturated heterocycles. The molecule has 0 amide bonds. The Bertz CT molecular complexity index is 1240. The fourth-order valence-electron chi connectivity index (χ4n) is 3.63. The van der Waals surface area contributed by atoms with Crippen LogP contribution in [0.5, 0.6) is 0 Å². The first-order chi connectivity index (χ1) is 13.2. The molecule has 0 saturated carbocycles. The maximum Gasteiger partial charge on any atom is 0.283 e. The average Bonchev–Trinajstić information content (AvgIpc) is 3.39. The van der Waals surface area contributed by atoms with Crippen molar-refractivity contribution < 1.29 is 4.39 Å². The van der Waals surface area contributed by atoms with Crippen molar-refractivity contribution >= 4 is 28.3 Å². The van der Waals surface area contributed by atoms with Gasteiger partial charge in [0.25, 0.3) is 5.56 Å². The normalized spacial score (nSPS) is 15.5. The highest BCUT2D eigenvalue weighted by molar-refractivity contribution is 8.93. The van der Waals surface area contributed by atoms with E-state index < -0.39 is 0 Å². The number of fused-ring (bicyclic) bond motifs is 1. The molecule has 3 heterocycles. The second-order valence-corrected chi connectivity index (χ2v) is 6.64. The van der Waals surface area contributed by atoms with Gasteiger partial charge in [0.1, 0.15) is 11.0 Å². The summed E-state index contributed by atoms with van der Waals surface area (Å²) in [6.45, 7) is 0.864. The van der Waals surface area contributed by atoms with Crippen molar-refractivity contribution in [2.24, 2.45) is 0 Å². The van der Waals surface area contributed by atoms with Gasteiger partial charge in [-0.2, -0.15) is 0 Å². The van der Waals surface area contributed by atoms with E-state index >= 15 is 0 Å². The molecular weight excluding hydrogens is 423 g/mol. The Morgan fingerprint density at radius 3 is 2.46 bits per heavy atom. The third-order valence-corrected chi connectivity index (χ3v) is 4.92. The zero-order valence-electron chi connectivity index (χ0n) is 14.9. The molecule has 0 bridgehead atoms. The molecule has 28 heavy (non-hydrogen) atoms. The molecule has 0 spiro atoms. The zero-order chi connectivity index (χ0) is 18.4. The highest BCUT2D eigenvalue weighted by Gasteiger charge is 2.20. The first-order valence-electron chi connectivity index (χ1n) is 8.95. The van der Waals surface area contributed by atoms with E-state index in [1.807, 2.05) is 36.5 Å². The molecule has 7 heteroatoms. The zero-order valence-corrected chi connectivity index (χ0v) is 16.6. The van der Waals surface area contributed by atoms with Gasteiger partial charge in [0.05, 0.1) is 17.6 Å². The summed E-state index contributed by atoms with van der Waals surface area (Å²) in [6.07, 6.45) is 3.67. The Labute approximate surface area is 170 Å². The Balaban J connectivity index is 0.00000192. The number of nitrogens with one attached hydrogen (secondary N) is 1. The quantitative estimate of drug-likeness (QED) is 0.521. The maximum atomic E-state index is 13.3. The van der Waals surface area contributed by atoms with Crippen LogP contribution in [-0.4, -0.2) is 20.7 Å². The van der Waals surface area contributed by atoms with Gasteiger partial charge in [-0.25, -0.2) is 18.6 Å². The SMILES string of the molecule is Br.O=c1c(=C2CCCN2)c2nc(-c3ccc(F)cc3)cn2n1-c1ccccc1. The van der Waals surface area contributed by atoms with Crippen LogP contribution in [0.25, 0.3) is 28.3 Å². The van der Waals surface area contributed by atoms with Gasteiger partial charge in [0.2, 0.25) is 0 Å². The number of imidazole rings is 1. The Morgan fingerprint density at radius 1 is 1.04 bits per heavy atom. The molecule has 0 radical (unpaired) electrons. The molecule has 1 aliphatic rings. The maximum absolute atomic E-state index is 13.3. The lowest BCUT2D eigenvalue weighted by atomic mass is 10.2. The molecule has 142 valence electrons. The number of halogens is 2. The summed E-state index contributed by atoms with van der Waals surface area (Å²) in [5.74, 6) is -0.287. The van der Waals surface area contributed by atoms with Gasteiger partial charge in [-0.05, 0) is 49.2 Å². The van der Waals surface area contributed by atoms with Crippen molar-refractivity contribution in [3.8, 4) is 16.9 Å². The molecule has 0 unspecified atom stereocenters. The Morgan fingerprint density at radius 2 is 1.79 bits per heavy atom. The van der Waals surface area contributed by atoms with Gasteiger partial charge < -0.3 is 5.32 Å². The molecule has 2 aromatic heterocycles. The second kappa shape index (κ2) is 7.24. The van der Waals surface area contributed by atoms with Crippen molar-refractivity contribution in [2.45, 2.75) is 12.8 Å². The third kappa shape index (κ3) is 2.92. The number of hydrogen-bond donors (Lipinski definition) is 1. The highest BCUT2D eigenvalue weighted by Crippen LogP contribution is 2.20. The minimum atomic E-state index is -0.287. The van der Waals surface area contributed by atoms with E-state index in [0.29, 0.717) is 16.6 Å². The van der Waals surface area contributed by atoms with Crippen LogP contribution in [0.3, 0.4) is 0 Å². The highest BCUT2D eigenvalue weighted by atomic mass is 79.9.